The summed E-state index contributed by atoms with van der Waals surface area (Å²) in [6.45, 7) is 0.375. The van der Waals surface area contributed by atoms with Crippen LogP contribution in [0.1, 0.15) is 15.2 Å². The second kappa shape index (κ2) is 7.06. The van der Waals surface area contributed by atoms with Gasteiger partial charge in [0.05, 0.1) is 9.80 Å². The van der Waals surface area contributed by atoms with Gasteiger partial charge in [-0.3, -0.25) is 14.9 Å². The summed E-state index contributed by atoms with van der Waals surface area (Å²) in [7, 11) is 0. The SMILES string of the molecule is O=C(NCc1ccc(-c2ccccc2)cc1)c1ccc([N+](=O)[O-])s1. The predicted molar refractivity (Wildman–Crippen MR) is 94.0 cm³/mol. The minimum Gasteiger partial charge on any atom is -0.347 e. The van der Waals surface area contributed by atoms with E-state index in [0.717, 1.165) is 28.0 Å². The summed E-state index contributed by atoms with van der Waals surface area (Å²) in [5.41, 5.74) is 3.22. The van der Waals surface area contributed by atoms with Crippen LogP contribution in [0.25, 0.3) is 11.1 Å². The van der Waals surface area contributed by atoms with Crippen molar-refractivity contribution in [1.82, 2.24) is 5.32 Å². The molecule has 0 unspecified atom stereocenters. The third-order valence-corrected chi connectivity index (χ3v) is 4.55. The molecule has 3 rings (SSSR count). The number of carbonyl (C=O) groups is 1. The van der Waals surface area contributed by atoms with Crippen LogP contribution in [0.4, 0.5) is 5.00 Å². The standard InChI is InChI=1S/C18H14N2O3S/c21-18(16-10-11-17(24-16)20(22)23)19-12-13-6-8-15(9-7-13)14-4-2-1-3-5-14/h1-11H,12H2,(H,19,21). The molecule has 1 N–H and O–H groups in total. The maximum absolute atomic E-state index is 12.0. The first-order valence-electron chi connectivity index (χ1n) is 7.30. The van der Waals surface area contributed by atoms with Crippen molar-refractivity contribution >= 4 is 22.2 Å². The van der Waals surface area contributed by atoms with E-state index in [1.54, 1.807) is 0 Å². The number of rotatable bonds is 5. The van der Waals surface area contributed by atoms with Crippen molar-refractivity contribution in [2.24, 2.45) is 0 Å². The number of thiophene rings is 1. The van der Waals surface area contributed by atoms with Crippen LogP contribution in [-0.4, -0.2) is 10.8 Å². The van der Waals surface area contributed by atoms with Gasteiger partial charge in [-0.25, -0.2) is 0 Å². The molecule has 0 bridgehead atoms. The van der Waals surface area contributed by atoms with Crippen molar-refractivity contribution < 1.29 is 9.72 Å². The van der Waals surface area contributed by atoms with Gasteiger partial charge in [0, 0.05) is 12.6 Å². The van der Waals surface area contributed by atoms with Crippen LogP contribution in [0.3, 0.4) is 0 Å². The molecule has 0 aliphatic carbocycles. The lowest BCUT2D eigenvalue weighted by molar-refractivity contribution is -0.380. The van der Waals surface area contributed by atoms with Gasteiger partial charge in [-0.2, -0.15) is 0 Å². The third-order valence-electron chi connectivity index (χ3n) is 3.51. The van der Waals surface area contributed by atoms with E-state index in [1.807, 2.05) is 54.6 Å². The Balaban J connectivity index is 1.62. The summed E-state index contributed by atoms with van der Waals surface area (Å²) in [4.78, 5) is 22.5. The zero-order chi connectivity index (χ0) is 16.9. The van der Waals surface area contributed by atoms with E-state index in [4.69, 9.17) is 0 Å². The van der Waals surface area contributed by atoms with Gasteiger partial charge < -0.3 is 5.32 Å². The highest BCUT2D eigenvalue weighted by molar-refractivity contribution is 7.17. The van der Waals surface area contributed by atoms with Gasteiger partial charge in [-0.15, -0.1) is 0 Å². The largest absolute Gasteiger partial charge is 0.347 e. The van der Waals surface area contributed by atoms with Gasteiger partial charge in [-0.05, 0) is 22.8 Å². The number of nitrogens with zero attached hydrogens (tertiary/aromatic N) is 1. The first kappa shape index (κ1) is 15.9. The Morgan fingerprint density at radius 2 is 1.62 bits per heavy atom. The minimum absolute atomic E-state index is 0.0348. The van der Waals surface area contributed by atoms with E-state index >= 15 is 0 Å². The first-order chi connectivity index (χ1) is 11.6. The lowest BCUT2D eigenvalue weighted by atomic mass is 10.0. The van der Waals surface area contributed by atoms with Crippen molar-refractivity contribution in [2.45, 2.75) is 6.54 Å². The van der Waals surface area contributed by atoms with Crippen molar-refractivity contribution in [2.75, 3.05) is 0 Å². The van der Waals surface area contributed by atoms with Crippen LogP contribution >= 0.6 is 11.3 Å². The molecule has 6 heteroatoms. The molecular weight excluding hydrogens is 324 g/mol. The number of carbonyl (C=O) groups excluding carboxylic acids is 1. The number of hydrogen-bond acceptors (Lipinski definition) is 4. The van der Waals surface area contributed by atoms with E-state index in [-0.39, 0.29) is 10.9 Å². The minimum atomic E-state index is -0.496. The molecule has 2 aromatic carbocycles. The molecule has 0 aliphatic rings. The molecule has 0 atom stereocenters. The molecule has 1 aromatic heterocycles. The molecule has 0 aliphatic heterocycles. The van der Waals surface area contributed by atoms with Gasteiger partial charge in [0.25, 0.3) is 5.91 Å². The van der Waals surface area contributed by atoms with Gasteiger partial charge >= 0.3 is 5.00 Å². The second-order valence-corrected chi connectivity index (χ2v) is 6.20. The zero-order valence-electron chi connectivity index (χ0n) is 12.6. The topological polar surface area (TPSA) is 72.2 Å². The molecule has 24 heavy (non-hydrogen) atoms. The van der Waals surface area contributed by atoms with Crippen LogP contribution in [0, 0.1) is 10.1 Å². The molecule has 0 fully saturated rings. The van der Waals surface area contributed by atoms with Crippen molar-refractivity contribution in [3.63, 3.8) is 0 Å². The molecule has 0 saturated carbocycles. The molecule has 0 spiro atoms. The monoisotopic (exact) mass is 338 g/mol. The number of hydrogen-bond donors (Lipinski definition) is 1. The van der Waals surface area contributed by atoms with Gasteiger partial charge in [0.15, 0.2) is 0 Å². The van der Waals surface area contributed by atoms with E-state index in [1.165, 1.54) is 12.1 Å². The molecule has 120 valence electrons. The van der Waals surface area contributed by atoms with Crippen molar-refractivity contribution in [3.8, 4) is 11.1 Å². The Morgan fingerprint density at radius 1 is 0.958 bits per heavy atom. The highest BCUT2D eigenvalue weighted by Crippen LogP contribution is 2.24. The number of nitrogens with one attached hydrogen (secondary N) is 1. The van der Waals surface area contributed by atoms with Crippen molar-refractivity contribution in [3.05, 3.63) is 87.3 Å². The number of nitro groups is 1. The lowest BCUT2D eigenvalue weighted by Crippen LogP contribution is -2.21. The summed E-state index contributed by atoms with van der Waals surface area (Å²) >= 11 is 0.873. The predicted octanol–water partition coefficient (Wildman–Crippen LogP) is 4.25. The summed E-state index contributed by atoms with van der Waals surface area (Å²) in [5, 5.41) is 13.4. The Hall–Kier alpha value is -2.99. The quantitative estimate of drug-likeness (QED) is 0.558. The molecule has 5 nitrogen and oxygen atoms in total. The van der Waals surface area contributed by atoms with Crippen LogP contribution in [0.5, 0.6) is 0 Å². The normalized spacial score (nSPS) is 10.3. The van der Waals surface area contributed by atoms with Crippen LogP contribution in [-0.2, 0) is 6.54 Å². The average molecular weight is 338 g/mol. The summed E-state index contributed by atoms with van der Waals surface area (Å²) in [5.74, 6) is -0.305. The summed E-state index contributed by atoms with van der Waals surface area (Å²) in [6.07, 6.45) is 0. The van der Waals surface area contributed by atoms with Crippen LogP contribution in [0.15, 0.2) is 66.7 Å². The molecule has 3 aromatic rings. The first-order valence-corrected chi connectivity index (χ1v) is 8.12. The second-order valence-electron chi connectivity index (χ2n) is 5.14. The Kier molecular flexibility index (Phi) is 4.67. The molecule has 0 radical (unpaired) electrons. The molecular formula is C18H14N2O3S. The maximum Gasteiger partial charge on any atom is 0.324 e. The number of benzene rings is 2. The van der Waals surface area contributed by atoms with Crippen LogP contribution < -0.4 is 5.32 Å². The molecule has 1 heterocycles. The van der Waals surface area contributed by atoms with E-state index in [2.05, 4.69) is 5.32 Å². The Bertz CT molecular complexity index is 857. The number of amides is 1. The fraction of sp³-hybridized carbons (Fsp3) is 0.0556. The van der Waals surface area contributed by atoms with Gasteiger partial charge in [-0.1, -0.05) is 65.9 Å². The maximum atomic E-state index is 12.0. The van der Waals surface area contributed by atoms with E-state index in [9.17, 15) is 14.9 Å². The third kappa shape index (κ3) is 3.67. The smallest absolute Gasteiger partial charge is 0.324 e. The van der Waals surface area contributed by atoms with Gasteiger partial charge in [0.1, 0.15) is 0 Å². The molecule has 0 saturated heterocycles. The molecule has 1 amide bonds. The average Bonchev–Trinajstić information content (AvgIpc) is 3.11. The summed E-state index contributed by atoms with van der Waals surface area (Å²) < 4.78 is 0. The Morgan fingerprint density at radius 3 is 2.25 bits per heavy atom. The Labute approximate surface area is 142 Å². The zero-order valence-corrected chi connectivity index (χ0v) is 13.5. The highest BCUT2D eigenvalue weighted by atomic mass is 32.1. The lowest BCUT2D eigenvalue weighted by Gasteiger charge is -2.06. The van der Waals surface area contributed by atoms with Crippen LogP contribution in [0.2, 0.25) is 0 Å². The van der Waals surface area contributed by atoms with Gasteiger partial charge in [0.2, 0.25) is 0 Å². The van der Waals surface area contributed by atoms with E-state index < -0.39 is 4.92 Å². The fourth-order valence-corrected chi connectivity index (χ4v) is 3.00. The highest BCUT2D eigenvalue weighted by Gasteiger charge is 2.14. The summed E-state index contributed by atoms with van der Waals surface area (Å²) in [6, 6.07) is 20.8. The van der Waals surface area contributed by atoms with E-state index in [0.29, 0.717) is 11.4 Å². The van der Waals surface area contributed by atoms with Crippen molar-refractivity contribution in [1.29, 1.82) is 0 Å². The fourth-order valence-electron chi connectivity index (χ4n) is 2.26.